The summed E-state index contributed by atoms with van der Waals surface area (Å²) in [6.07, 6.45) is 3.61. The summed E-state index contributed by atoms with van der Waals surface area (Å²) in [7, 11) is 0. The van der Waals surface area contributed by atoms with Crippen molar-refractivity contribution < 1.29 is 0 Å². The van der Waals surface area contributed by atoms with Crippen molar-refractivity contribution in [3.63, 3.8) is 0 Å². The summed E-state index contributed by atoms with van der Waals surface area (Å²) in [5.74, 6) is 0.751. The molecule has 0 aliphatic rings. The van der Waals surface area contributed by atoms with Crippen LogP contribution in [0.3, 0.4) is 0 Å². The molecule has 0 amide bonds. The smallest absolute Gasteiger partial charge is 0.0208 e. The maximum Gasteiger partial charge on any atom is 0.0208 e. The largest absolute Gasteiger partial charge is 0.312 e. The Bertz CT molecular complexity index is 396. The zero-order chi connectivity index (χ0) is 14.5. The Hall–Kier alpha value is 0.140. The molecule has 19 heavy (non-hydrogen) atoms. The summed E-state index contributed by atoms with van der Waals surface area (Å²) in [4.78, 5) is 0. The highest BCUT2D eigenvalue weighted by molar-refractivity contribution is 9.11. The molecule has 1 rings (SSSR count). The van der Waals surface area contributed by atoms with Crippen molar-refractivity contribution in [1.29, 1.82) is 0 Å². The zero-order valence-corrected chi connectivity index (χ0v) is 15.6. The second-order valence-electron chi connectivity index (χ2n) is 6.35. The predicted molar refractivity (Wildman–Crippen MR) is 91.7 cm³/mol. The molecule has 0 saturated heterocycles. The van der Waals surface area contributed by atoms with Crippen LogP contribution in [0.5, 0.6) is 0 Å². The minimum Gasteiger partial charge on any atom is -0.312 e. The minimum absolute atomic E-state index is 0.229. The first-order valence-electron chi connectivity index (χ1n) is 6.97. The predicted octanol–water partition coefficient (Wildman–Crippen LogP) is 5.56. The van der Waals surface area contributed by atoms with Gasteiger partial charge in [-0.15, -0.1) is 0 Å². The van der Waals surface area contributed by atoms with E-state index in [0.29, 0.717) is 0 Å². The summed E-state index contributed by atoms with van der Waals surface area (Å²) in [5.41, 5.74) is 1.62. The average Bonchev–Trinajstić information content (AvgIpc) is 2.28. The second-order valence-corrected chi connectivity index (χ2v) is 8.12. The zero-order valence-electron chi connectivity index (χ0n) is 12.4. The standard InChI is InChI=1S/C16H25Br2N/c1-12(9-10-19-16(2,3)4)5-6-13-11-14(17)7-8-15(13)18/h7-8,11-12,19H,5-6,9-10H2,1-4H3. The van der Waals surface area contributed by atoms with Gasteiger partial charge in [-0.3, -0.25) is 0 Å². The van der Waals surface area contributed by atoms with E-state index in [1.165, 1.54) is 22.9 Å². The van der Waals surface area contributed by atoms with Gasteiger partial charge in [-0.25, -0.2) is 0 Å². The molecule has 0 spiro atoms. The summed E-state index contributed by atoms with van der Waals surface area (Å²) >= 11 is 7.16. The fourth-order valence-corrected chi connectivity index (χ4v) is 2.83. The van der Waals surface area contributed by atoms with Gasteiger partial charge in [0.1, 0.15) is 0 Å². The van der Waals surface area contributed by atoms with E-state index in [4.69, 9.17) is 0 Å². The van der Waals surface area contributed by atoms with Crippen molar-refractivity contribution in [2.45, 2.75) is 52.5 Å². The highest BCUT2D eigenvalue weighted by atomic mass is 79.9. The van der Waals surface area contributed by atoms with Gasteiger partial charge >= 0.3 is 0 Å². The number of nitrogens with one attached hydrogen (secondary N) is 1. The normalized spacial score (nSPS) is 13.6. The monoisotopic (exact) mass is 389 g/mol. The molecule has 0 bridgehead atoms. The molecule has 0 radical (unpaired) electrons. The van der Waals surface area contributed by atoms with Gasteiger partial charge in [-0.2, -0.15) is 0 Å². The quantitative estimate of drug-likeness (QED) is 0.670. The molecule has 0 aromatic heterocycles. The number of aryl methyl sites for hydroxylation is 1. The third-order valence-electron chi connectivity index (χ3n) is 3.21. The van der Waals surface area contributed by atoms with Crippen molar-refractivity contribution in [2.75, 3.05) is 6.54 Å². The molecule has 0 fully saturated rings. The lowest BCUT2D eigenvalue weighted by Crippen LogP contribution is -2.36. The molecule has 1 N–H and O–H groups in total. The first-order valence-corrected chi connectivity index (χ1v) is 8.55. The van der Waals surface area contributed by atoms with Crippen LogP contribution in [0.1, 0.15) is 46.1 Å². The van der Waals surface area contributed by atoms with Crippen LogP contribution in [-0.2, 0) is 6.42 Å². The van der Waals surface area contributed by atoms with Crippen LogP contribution in [0, 0.1) is 5.92 Å². The van der Waals surface area contributed by atoms with E-state index in [2.05, 4.69) is 83.1 Å². The Morgan fingerprint density at radius 2 is 1.84 bits per heavy atom. The summed E-state index contributed by atoms with van der Waals surface area (Å²) in [6, 6.07) is 6.40. The molecule has 1 unspecified atom stereocenters. The lowest BCUT2D eigenvalue weighted by Gasteiger charge is -2.22. The molecule has 3 heteroatoms. The first kappa shape index (κ1) is 17.2. The van der Waals surface area contributed by atoms with Crippen LogP contribution < -0.4 is 5.32 Å². The van der Waals surface area contributed by atoms with Gasteiger partial charge in [0.05, 0.1) is 0 Å². The van der Waals surface area contributed by atoms with Gasteiger partial charge in [0.15, 0.2) is 0 Å². The van der Waals surface area contributed by atoms with Gasteiger partial charge in [0, 0.05) is 14.5 Å². The fraction of sp³-hybridized carbons (Fsp3) is 0.625. The van der Waals surface area contributed by atoms with Crippen LogP contribution >= 0.6 is 31.9 Å². The highest BCUT2D eigenvalue weighted by Gasteiger charge is 2.10. The average molecular weight is 391 g/mol. The second kappa shape index (κ2) is 7.80. The van der Waals surface area contributed by atoms with E-state index < -0.39 is 0 Å². The van der Waals surface area contributed by atoms with Crippen molar-refractivity contribution in [3.05, 3.63) is 32.7 Å². The summed E-state index contributed by atoms with van der Waals surface area (Å²) in [5, 5.41) is 3.55. The van der Waals surface area contributed by atoms with E-state index in [0.717, 1.165) is 23.4 Å². The number of halogens is 2. The molecule has 1 nitrogen and oxygen atoms in total. The Kier molecular flexibility index (Phi) is 7.06. The van der Waals surface area contributed by atoms with Gasteiger partial charge in [-0.1, -0.05) is 38.8 Å². The lowest BCUT2D eigenvalue weighted by molar-refractivity contribution is 0.386. The van der Waals surface area contributed by atoms with Gasteiger partial charge < -0.3 is 5.32 Å². The number of hydrogen-bond acceptors (Lipinski definition) is 1. The maximum atomic E-state index is 3.63. The van der Waals surface area contributed by atoms with Crippen LogP contribution in [0.15, 0.2) is 27.1 Å². The lowest BCUT2D eigenvalue weighted by atomic mass is 9.97. The summed E-state index contributed by atoms with van der Waals surface area (Å²) in [6.45, 7) is 10.1. The highest BCUT2D eigenvalue weighted by Crippen LogP contribution is 2.24. The van der Waals surface area contributed by atoms with E-state index in [1.807, 2.05) is 0 Å². The van der Waals surface area contributed by atoms with Crippen molar-refractivity contribution >= 4 is 31.9 Å². The SMILES string of the molecule is CC(CCNC(C)(C)C)CCc1cc(Br)ccc1Br. The molecule has 0 saturated carbocycles. The Balaban J connectivity index is 2.34. The fourth-order valence-electron chi connectivity index (χ4n) is 1.97. The molecule has 0 aliphatic carbocycles. The van der Waals surface area contributed by atoms with Crippen molar-refractivity contribution in [3.8, 4) is 0 Å². The van der Waals surface area contributed by atoms with Crippen molar-refractivity contribution in [2.24, 2.45) is 5.92 Å². The first-order chi connectivity index (χ1) is 8.78. The van der Waals surface area contributed by atoms with E-state index in [9.17, 15) is 0 Å². The van der Waals surface area contributed by atoms with Gasteiger partial charge in [0.2, 0.25) is 0 Å². The molecule has 0 aliphatic heterocycles. The van der Waals surface area contributed by atoms with E-state index in [1.54, 1.807) is 0 Å². The topological polar surface area (TPSA) is 12.0 Å². The molecule has 0 heterocycles. The summed E-state index contributed by atoms with van der Waals surface area (Å²) < 4.78 is 2.38. The van der Waals surface area contributed by atoms with Gasteiger partial charge in [0.25, 0.3) is 0 Å². The van der Waals surface area contributed by atoms with Crippen molar-refractivity contribution in [1.82, 2.24) is 5.32 Å². The third-order valence-corrected chi connectivity index (χ3v) is 4.47. The number of rotatable bonds is 6. The Morgan fingerprint density at radius 3 is 2.47 bits per heavy atom. The third kappa shape index (κ3) is 7.48. The van der Waals surface area contributed by atoms with Crippen LogP contribution in [-0.4, -0.2) is 12.1 Å². The van der Waals surface area contributed by atoms with Crippen LogP contribution in [0.25, 0.3) is 0 Å². The molecular formula is C16H25Br2N. The van der Waals surface area contributed by atoms with Gasteiger partial charge in [-0.05, 0) is 76.3 Å². The maximum absolute atomic E-state index is 3.63. The number of hydrogen-bond donors (Lipinski definition) is 1. The minimum atomic E-state index is 0.229. The van der Waals surface area contributed by atoms with Crippen LogP contribution in [0.4, 0.5) is 0 Å². The molecule has 108 valence electrons. The molecule has 1 atom stereocenters. The molecule has 1 aromatic rings. The number of benzene rings is 1. The van der Waals surface area contributed by atoms with E-state index >= 15 is 0 Å². The molecule has 1 aromatic carbocycles. The Labute approximate surface area is 134 Å². The molecular weight excluding hydrogens is 366 g/mol. The van der Waals surface area contributed by atoms with E-state index in [-0.39, 0.29) is 5.54 Å². The Morgan fingerprint density at radius 1 is 1.16 bits per heavy atom. The van der Waals surface area contributed by atoms with Crippen LogP contribution in [0.2, 0.25) is 0 Å².